The molecule has 0 aromatic heterocycles. The molecule has 122 valence electrons. The van der Waals surface area contributed by atoms with E-state index in [1.165, 1.54) is 10.9 Å². The van der Waals surface area contributed by atoms with E-state index in [9.17, 15) is 4.79 Å². The molecule has 0 saturated carbocycles. The molecule has 24 heavy (non-hydrogen) atoms. The summed E-state index contributed by atoms with van der Waals surface area (Å²) < 4.78 is 0. The summed E-state index contributed by atoms with van der Waals surface area (Å²) in [5, 5.41) is 8.56. The number of benzene rings is 3. The van der Waals surface area contributed by atoms with Gasteiger partial charge in [0.15, 0.2) is 0 Å². The molecule has 0 spiro atoms. The Labute approximate surface area is 142 Å². The molecule has 0 bridgehead atoms. The lowest BCUT2D eigenvalue weighted by molar-refractivity contribution is -0.114. The van der Waals surface area contributed by atoms with Crippen LogP contribution in [0, 0.1) is 20.8 Å². The minimum absolute atomic E-state index is 0.0433. The van der Waals surface area contributed by atoms with Crippen LogP contribution in [-0.2, 0) is 4.79 Å². The van der Waals surface area contributed by atoms with Gasteiger partial charge in [-0.25, -0.2) is 0 Å². The highest BCUT2D eigenvalue weighted by atomic mass is 16.1. The first-order valence-electron chi connectivity index (χ1n) is 8.13. The maximum Gasteiger partial charge on any atom is 0.243 e. The molecule has 0 aliphatic heterocycles. The highest BCUT2D eigenvalue weighted by Gasteiger charge is 2.08. The molecule has 3 rings (SSSR count). The fraction of sp³-hybridized carbons (Fsp3) is 0.190. The molecule has 0 heterocycles. The summed E-state index contributed by atoms with van der Waals surface area (Å²) in [6.07, 6.45) is 0. The van der Waals surface area contributed by atoms with Crippen molar-refractivity contribution in [2.45, 2.75) is 20.8 Å². The van der Waals surface area contributed by atoms with Crippen molar-refractivity contribution >= 4 is 28.1 Å². The normalized spacial score (nSPS) is 10.6. The number of anilines is 2. The van der Waals surface area contributed by atoms with Gasteiger partial charge in [0, 0.05) is 11.4 Å². The summed E-state index contributed by atoms with van der Waals surface area (Å²) in [6, 6.07) is 18.5. The Kier molecular flexibility index (Phi) is 4.52. The number of aryl methyl sites for hydroxylation is 3. The summed E-state index contributed by atoms with van der Waals surface area (Å²) in [4.78, 5) is 12.3. The fourth-order valence-corrected chi connectivity index (χ4v) is 3.04. The van der Waals surface area contributed by atoms with Crippen molar-refractivity contribution in [2.75, 3.05) is 17.2 Å². The van der Waals surface area contributed by atoms with E-state index in [-0.39, 0.29) is 12.5 Å². The number of nitrogens with one attached hydrogen (secondary N) is 2. The molecule has 0 unspecified atom stereocenters. The molecule has 3 heteroatoms. The van der Waals surface area contributed by atoms with Crippen LogP contribution < -0.4 is 10.6 Å². The Balaban J connectivity index is 1.67. The van der Waals surface area contributed by atoms with E-state index in [2.05, 4.69) is 54.0 Å². The quantitative estimate of drug-likeness (QED) is 0.724. The van der Waals surface area contributed by atoms with E-state index in [1.807, 2.05) is 32.0 Å². The Bertz CT molecular complexity index is 876. The van der Waals surface area contributed by atoms with Gasteiger partial charge in [-0.05, 0) is 54.8 Å². The van der Waals surface area contributed by atoms with Crippen LogP contribution in [0.1, 0.15) is 16.7 Å². The number of hydrogen-bond donors (Lipinski definition) is 2. The van der Waals surface area contributed by atoms with Gasteiger partial charge in [0.1, 0.15) is 0 Å². The monoisotopic (exact) mass is 318 g/mol. The van der Waals surface area contributed by atoms with Crippen LogP contribution in [-0.4, -0.2) is 12.5 Å². The van der Waals surface area contributed by atoms with Gasteiger partial charge in [-0.3, -0.25) is 4.79 Å². The predicted octanol–water partition coefficient (Wildman–Crippen LogP) is 4.82. The molecule has 0 aliphatic rings. The van der Waals surface area contributed by atoms with Crippen molar-refractivity contribution in [3.05, 3.63) is 71.3 Å². The zero-order valence-electron chi connectivity index (χ0n) is 14.3. The van der Waals surface area contributed by atoms with Crippen molar-refractivity contribution < 1.29 is 4.79 Å². The number of hydrogen-bond acceptors (Lipinski definition) is 2. The lowest BCUT2D eigenvalue weighted by atomic mass is 10.1. The largest absolute Gasteiger partial charge is 0.376 e. The first kappa shape index (κ1) is 16.1. The van der Waals surface area contributed by atoms with Gasteiger partial charge in [0.2, 0.25) is 5.91 Å². The number of rotatable bonds is 4. The third-order valence-corrected chi connectivity index (χ3v) is 4.14. The van der Waals surface area contributed by atoms with E-state index in [4.69, 9.17) is 0 Å². The average molecular weight is 318 g/mol. The van der Waals surface area contributed by atoms with Crippen molar-refractivity contribution in [3.63, 3.8) is 0 Å². The molecule has 3 nitrogen and oxygen atoms in total. The summed E-state index contributed by atoms with van der Waals surface area (Å²) in [6.45, 7) is 6.34. The van der Waals surface area contributed by atoms with Crippen molar-refractivity contribution in [1.82, 2.24) is 0 Å². The maximum absolute atomic E-state index is 12.3. The number of carbonyl (C=O) groups excluding carboxylic acids is 1. The molecule has 0 aliphatic carbocycles. The van der Waals surface area contributed by atoms with Gasteiger partial charge >= 0.3 is 0 Å². The zero-order valence-corrected chi connectivity index (χ0v) is 14.3. The number of carbonyl (C=O) groups is 1. The van der Waals surface area contributed by atoms with Crippen molar-refractivity contribution in [3.8, 4) is 0 Å². The molecule has 0 fully saturated rings. The van der Waals surface area contributed by atoms with Gasteiger partial charge in [-0.1, -0.05) is 48.0 Å². The second kappa shape index (κ2) is 6.75. The number of amides is 1. The SMILES string of the molecule is Cc1cc(C)c(NC(=O)CNc2ccc3ccccc3c2)c(C)c1. The lowest BCUT2D eigenvalue weighted by Crippen LogP contribution is -2.22. The van der Waals surface area contributed by atoms with Crippen LogP contribution in [0.15, 0.2) is 54.6 Å². The van der Waals surface area contributed by atoms with E-state index >= 15 is 0 Å². The molecule has 2 N–H and O–H groups in total. The van der Waals surface area contributed by atoms with Gasteiger partial charge in [0.25, 0.3) is 0 Å². The average Bonchev–Trinajstić information content (AvgIpc) is 2.56. The summed E-state index contributed by atoms with van der Waals surface area (Å²) >= 11 is 0. The van der Waals surface area contributed by atoms with Crippen LogP contribution >= 0.6 is 0 Å². The lowest BCUT2D eigenvalue weighted by Gasteiger charge is -2.13. The van der Waals surface area contributed by atoms with Crippen molar-refractivity contribution in [2.24, 2.45) is 0 Å². The molecule has 0 radical (unpaired) electrons. The Morgan fingerprint density at radius 1 is 0.875 bits per heavy atom. The minimum Gasteiger partial charge on any atom is -0.376 e. The highest BCUT2D eigenvalue weighted by Crippen LogP contribution is 2.22. The van der Waals surface area contributed by atoms with E-state index in [1.54, 1.807) is 0 Å². The predicted molar refractivity (Wildman–Crippen MR) is 102 cm³/mol. The summed E-state index contributed by atoms with van der Waals surface area (Å²) in [7, 11) is 0. The Hall–Kier alpha value is -2.81. The smallest absolute Gasteiger partial charge is 0.243 e. The van der Waals surface area contributed by atoms with Gasteiger partial charge in [-0.15, -0.1) is 0 Å². The van der Waals surface area contributed by atoms with Gasteiger partial charge in [-0.2, -0.15) is 0 Å². The van der Waals surface area contributed by atoms with Crippen LogP contribution in [0.3, 0.4) is 0 Å². The second-order valence-electron chi connectivity index (χ2n) is 6.24. The molecule has 3 aromatic carbocycles. The molecular formula is C21H22N2O. The Morgan fingerprint density at radius 3 is 2.25 bits per heavy atom. The highest BCUT2D eigenvalue weighted by molar-refractivity contribution is 5.95. The minimum atomic E-state index is -0.0433. The van der Waals surface area contributed by atoms with Crippen LogP contribution in [0.5, 0.6) is 0 Å². The van der Waals surface area contributed by atoms with Crippen LogP contribution in [0.2, 0.25) is 0 Å². The van der Waals surface area contributed by atoms with Crippen molar-refractivity contribution in [1.29, 1.82) is 0 Å². The molecule has 0 atom stereocenters. The first-order valence-corrected chi connectivity index (χ1v) is 8.13. The van der Waals surface area contributed by atoms with Gasteiger partial charge in [0.05, 0.1) is 6.54 Å². The molecule has 1 amide bonds. The fourth-order valence-electron chi connectivity index (χ4n) is 3.04. The molecule has 0 saturated heterocycles. The summed E-state index contributed by atoms with van der Waals surface area (Å²) in [5.41, 5.74) is 5.24. The third kappa shape index (κ3) is 3.57. The van der Waals surface area contributed by atoms with E-state index in [0.29, 0.717) is 0 Å². The second-order valence-corrected chi connectivity index (χ2v) is 6.24. The van der Waals surface area contributed by atoms with E-state index in [0.717, 1.165) is 27.9 Å². The standard InChI is InChI=1S/C21H22N2O/c1-14-10-15(2)21(16(3)11-14)23-20(24)13-22-19-9-8-17-6-4-5-7-18(17)12-19/h4-12,22H,13H2,1-3H3,(H,23,24). The molecule has 3 aromatic rings. The Morgan fingerprint density at radius 2 is 1.54 bits per heavy atom. The third-order valence-electron chi connectivity index (χ3n) is 4.14. The molecular weight excluding hydrogens is 296 g/mol. The van der Waals surface area contributed by atoms with Gasteiger partial charge < -0.3 is 10.6 Å². The van der Waals surface area contributed by atoms with Crippen LogP contribution in [0.4, 0.5) is 11.4 Å². The zero-order chi connectivity index (χ0) is 17.1. The first-order chi connectivity index (χ1) is 11.5. The van der Waals surface area contributed by atoms with E-state index < -0.39 is 0 Å². The van der Waals surface area contributed by atoms with Crippen LogP contribution in [0.25, 0.3) is 10.8 Å². The number of fused-ring (bicyclic) bond motifs is 1. The maximum atomic E-state index is 12.3. The topological polar surface area (TPSA) is 41.1 Å². The summed E-state index contributed by atoms with van der Waals surface area (Å²) in [5.74, 6) is -0.0433.